The highest BCUT2D eigenvalue weighted by atomic mass is 16.5. The van der Waals surface area contributed by atoms with E-state index in [1.165, 1.54) is 0 Å². The van der Waals surface area contributed by atoms with Crippen molar-refractivity contribution in [1.29, 1.82) is 0 Å². The Labute approximate surface area is 121 Å². The molecule has 0 atom stereocenters. The van der Waals surface area contributed by atoms with Gasteiger partial charge in [0.15, 0.2) is 0 Å². The Morgan fingerprint density at radius 2 is 1.71 bits per heavy atom. The van der Waals surface area contributed by atoms with Crippen LogP contribution in [0.5, 0.6) is 5.75 Å². The van der Waals surface area contributed by atoms with Gasteiger partial charge in [-0.2, -0.15) is 4.98 Å². The summed E-state index contributed by atoms with van der Waals surface area (Å²) in [7, 11) is 0. The fraction of sp³-hybridized carbons (Fsp3) is 0.0588. The van der Waals surface area contributed by atoms with Gasteiger partial charge in [0.25, 0.3) is 5.89 Å². The van der Waals surface area contributed by atoms with E-state index < -0.39 is 0 Å². The van der Waals surface area contributed by atoms with Crippen LogP contribution in [0.15, 0.2) is 59.1 Å². The Kier molecular flexibility index (Phi) is 2.78. The fourth-order valence-electron chi connectivity index (χ4n) is 2.30. The topological polar surface area (TPSA) is 48.2 Å². The molecule has 0 bridgehead atoms. The second-order valence-corrected chi connectivity index (χ2v) is 4.79. The summed E-state index contributed by atoms with van der Waals surface area (Å²) in [6.07, 6.45) is 2.04. The van der Waals surface area contributed by atoms with Crippen molar-refractivity contribution >= 4 is 11.6 Å². The predicted molar refractivity (Wildman–Crippen MR) is 79.5 cm³/mol. The quantitative estimate of drug-likeness (QED) is 0.716. The monoisotopic (exact) mass is 276 g/mol. The highest BCUT2D eigenvalue weighted by molar-refractivity contribution is 5.83. The zero-order valence-electron chi connectivity index (χ0n) is 11.2. The third-order valence-corrected chi connectivity index (χ3v) is 3.37. The number of hydrogen-bond donors (Lipinski definition) is 0. The normalized spacial score (nSPS) is 13.2. The molecule has 0 spiro atoms. The lowest BCUT2D eigenvalue weighted by Crippen LogP contribution is -2.07. The molecule has 1 aromatic heterocycles. The average Bonchev–Trinajstić information content (AvgIpc) is 3.05. The fourth-order valence-corrected chi connectivity index (χ4v) is 2.30. The molecule has 1 aliphatic heterocycles. The Balaban J connectivity index is 1.70. The standard InChI is InChI=1S/C17H12N2O2/c1-2-6-12(7-3-1)17-18-16(19-21-17)14-10-13-8-4-5-9-15(13)20-11-14/h1-10H,11H2. The SMILES string of the molecule is C1=C(c2noc(-c3ccccc3)n2)COc2ccccc21. The molecule has 0 amide bonds. The summed E-state index contributed by atoms with van der Waals surface area (Å²) in [5.41, 5.74) is 2.86. The van der Waals surface area contributed by atoms with Crippen molar-refractivity contribution in [1.82, 2.24) is 10.1 Å². The van der Waals surface area contributed by atoms with Crippen LogP contribution < -0.4 is 4.74 Å². The molecule has 4 rings (SSSR count). The zero-order valence-corrected chi connectivity index (χ0v) is 11.2. The van der Waals surface area contributed by atoms with Gasteiger partial charge in [0.1, 0.15) is 12.4 Å². The van der Waals surface area contributed by atoms with E-state index in [4.69, 9.17) is 9.26 Å². The zero-order chi connectivity index (χ0) is 14.1. The maximum Gasteiger partial charge on any atom is 0.258 e. The number of fused-ring (bicyclic) bond motifs is 1. The molecule has 0 radical (unpaired) electrons. The third-order valence-electron chi connectivity index (χ3n) is 3.37. The van der Waals surface area contributed by atoms with Crippen molar-refractivity contribution < 1.29 is 9.26 Å². The first-order valence-electron chi connectivity index (χ1n) is 6.72. The second kappa shape index (κ2) is 4.90. The molecule has 0 N–H and O–H groups in total. The van der Waals surface area contributed by atoms with E-state index in [1.807, 2.05) is 60.7 Å². The first-order valence-corrected chi connectivity index (χ1v) is 6.72. The number of benzene rings is 2. The van der Waals surface area contributed by atoms with E-state index in [2.05, 4.69) is 10.1 Å². The molecule has 0 saturated carbocycles. The summed E-state index contributed by atoms with van der Waals surface area (Å²) in [6.45, 7) is 0.449. The molecular formula is C17H12N2O2. The molecule has 0 aliphatic carbocycles. The number of nitrogens with zero attached hydrogens (tertiary/aromatic N) is 2. The molecule has 1 aliphatic rings. The van der Waals surface area contributed by atoms with E-state index in [1.54, 1.807) is 0 Å². The molecule has 102 valence electrons. The number of ether oxygens (including phenoxy) is 1. The van der Waals surface area contributed by atoms with Gasteiger partial charge in [-0.25, -0.2) is 0 Å². The van der Waals surface area contributed by atoms with Gasteiger partial charge in [0, 0.05) is 16.7 Å². The molecular weight excluding hydrogens is 264 g/mol. The van der Waals surface area contributed by atoms with Gasteiger partial charge in [0.2, 0.25) is 5.82 Å². The largest absolute Gasteiger partial charge is 0.488 e. The van der Waals surface area contributed by atoms with Gasteiger partial charge in [-0.1, -0.05) is 41.6 Å². The van der Waals surface area contributed by atoms with Crippen LogP contribution in [0.1, 0.15) is 11.4 Å². The maximum absolute atomic E-state index is 5.72. The summed E-state index contributed by atoms with van der Waals surface area (Å²) in [4.78, 5) is 4.45. The van der Waals surface area contributed by atoms with Gasteiger partial charge < -0.3 is 9.26 Å². The lowest BCUT2D eigenvalue weighted by Gasteiger charge is -2.15. The number of aromatic nitrogens is 2. The summed E-state index contributed by atoms with van der Waals surface area (Å²) in [6, 6.07) is 17.6. The Morgan fingerprint density at radius 1 is 0.905 bits per heavy atom. The van der Waals surface area contributed by atoms with E-state index >= 15 is 0 Å². The van der Waals surface area contributed by atoms with Gasteiger partial charge >= 0.3 is 0 Å². The highest BCUT2D eigenvalue weighted by Crippen LogP contribution is 2.29. The smallest absolute Gasteiger partial charge is 0.258 e. The van der Waals surface area contributed by atoms with Crippen LogP contribution in [0.25, 0.3) is 23.1 Å². The van der Waals surface area contributed by atoms with E-state index in [0.29, 0.717) is 18.3 Å². The Morgan fingerprint density at radius 3 is 2.62 bits per heavy atom. The van der Waals surface area contributed by atoms with Crippen LogP contribution in [0.4, 0.5) is 0 Å². The lowest BCUT2D eigenvalue weighted by atomic mass is 10.1. The molecule has 21 heavy (non-hydrogen) atoms. The van der Waals surface area contributed by atoms with Gasteiger partial charge in [-0.15, -0.1) is 0 Å². The first-order chi connectivity index (χ1) is 10.4. The highest BCUT2D eigenvalue weighted by Gasteiger charge is 2.17. The lowest BCUT2D eigenvalue weighted by molar-refractivity contribution is 0.363. The van der Waals surface area contributed by atoms with Crippen LogP contribution in [-0.4, -0.2) is 16.7 Å². The molecule has 0 saturated heterocycles. The van der Waals surface area contributed by atoms with Gasteiger partial charge in [-0.05, 0) is 24.3 Å². The van der Waals surface area contributed by atoms with Crippen molar-refractivity contribution in [3.8, 4) is 17.2 Å². The maximum atomic E-state index is 5.72. The van der Waals surface area contributed by atoms with Crippen LogP contribution in [-0.2, 0) is 0 Å². The molecule has 2 heterocycles. The third kappa shape index (κ3) is 2.21. The first kappa shape index (κ1) is 11.9. The molecule has 4 nitrogen and oxygen atoms in total. The second-order valence-electron chi connectivity index (χ2n) is 4.79. The van der Waals surface area contributed by atoms with E-state index in [-0.39, 0.29) is 0 Å². The van der Waals surface area contributed by atoms with Crippen molar-refractivity contribution in [3.63, 3.8) is 0 Å². The molecule has 0 fully saturated rings. The van der Waals surface area contributed by atoms with Gasteiger partial charge in [0.05, 0.1) is 0 Å². The average molecular weight is 276 g/mol. The van der Waals surface area contributed by atoms with Crippen LogP contribution in [0, 0.1) is 0 Å². The number of hydrogen-bond acceptors (Lipinski definition) is 4. The molecule has 4 heteroatoms. The minimum atomic E-state index is 0.449. The van der Waals surface area contributed by atoms with Crippen molar-refractivity contribution in [3.05, 3.63) is 66.0 Å². The van der Waals surface area contributed by atoms with Gasteiger partial charge in [-0.3, -0.25) is 0 Å². The summed E-state index contributed by atoms with van der Waals surface area (Å²) in [5, 5.41) is 4.05. The molecule has 0 unspecified atom stereocenters. The minimum Gasteiger partial charge on any atom is -0.488 e. The number of para-hydroxylation sites is 1. The molecule has 3 aromatic rings. The minimum absolute atomic E-state index is 0.449. The van der Waals surface area contributed by atoms with Crippen LogP contribution in [0.3, 0.4) is 0 Å². The molecule has 2 aromatic carbocycles. The summed E-state index contributed by atoms with van der Waals surface area (Å²) < 4.78 is 11.0. The number of rotatable bonds is 2. The van der Waals surface area contributed by atoms with E-state index in [0.717, 1.165) is 22.4 Å². The van der Waals surface area contributed by atoms with Crippen LogP contribution >= 0.6 is 0 Å². The van der Waals surface area contributed by atoms with E-state index in [9.17, 15) is 0 Å². The summed E-state index contributed by atoms with van der Waals surface area (Å²) in [5.74, 6) is 1.97. The van der Waals surface area contributed by atoms with Crippen molar-refractivity contribution in [2.75, 3.05) is 6.61 Å². The Bertz CT molecular complexity index is 806. The predicted octanol–water partition coefficient (Wildman–Crippen LogP) is 3.67. The Hall–Kier alpha value is -2.88. The van der Waals surface area contributed by atoms with Crippen LogP contribution in [0.2, 0.25) is 0 Å². The van der Waals surface area contributed by atoms with Crippen molar-refractivity contribution in [2.45, 2.75) is 0 Å². The summed E-state index contributed by atoms with van der Waals surface area (Å²) >= 11 is 0. The van der Waals surface area contributed by atoms with Crippen molar-refractivity contribution in [2.24, 2.45) is 0 Å².